The van der Waals surface area contributed by atoms with E-state index in [0.717, 1.165) is 24.9 Å². The fourth-order valence-electron chi connectivity index (χ4n) is 2.40. The third-order valence-corrected chi connectivity index (χ3v) is 3.41. The summed E-state index contributed by atoms with van der Waals surface area (Å²) in [5, 5.41) is 14.2. The summed E-state index contributed by atoms with van der Waals surface area (Å²) in [6.07, 6.45) is 2.33. The van der Waals surface area contributed by atoms with Gasteiger partial charge in [-0.05, 0) is 12.8 Å². The molecule has 1 aliphatic rings. The molecule has 20 heavy (non-hydrogen) atoms. The largest absolute Gasteiger partial charge is 0.379 e. The summed E-state index contributed by atoms with van der Waals surface area (Å²) in [5.41, 5.74) is 1.42. The lowest BCUT2D eigenvalue weighted by Crippen LogP contribution is -2.24. The van der Waals surface area contributed by atoms with Crippen molar-refractivity contribution in [3.63, 3.8) is 0 Å². The van der Waals surface area contributed by atoms with Crippen LogP contribution in [0.3, 0.4) is 0 Å². The number of nitrogens with zero attached hydrogens (tertiary/aromatic N) is 2. The fourth-order valence-corrected chi connectivity index (χ4v) is 2.40. The molecule has 1 aromatic carbocycles. The third-order valence-electron chi connectivity index (χ3n) is 3.41. The van der Waals surface area contributed by atoms with Crippen molar-refractivity contribution in [3.8, 4) is 0 Å². The van der Waals surface area contributed by atoms with E-state index >= 15 is 0 Å². The Labute approximate surface area is 117 Å². The second-order valence-electron chi connectivity index (χ2n) is 4.91. The predicted octanol–water partition coefficient (Wildman–Crippen LogP) is 2.54. The van der Waals surface area contributed by atoms with E-state index in [1.807, 2.05) is 13.0 Å². The van der Waals surface area contributed by atoms with Crippen LogP contribution < -0.4 is 5.32 Å². The number of amides is 1. The summed E-state index contributed by atoms with van der Waals surface area (Å²) >= 11 is 0. The van der Waals surface area contributed by atoms with Crippen LogP contribution in [0, 0.1) is 10.1 Å². The first kappa shape index (κ1) is 14.3. The number of likely N-dealkylation sites (tertiary alicyclic amines) is 1. The first-order valence-electron chi connectivity index (χ1n) is 6.91. The van der Waals surface area contributed by atoms with Gasteiger partial charge in [0.25, 0.3) is 5.69 Å². The number of anilines is 1. The van der Waals surface area contributed by atoms with Crippen molar-refractivity contribution in [3.05, 3.63) is 33.9 Å². The molecule has 6 nitrogen and oxygen atoms in total. The summed E-state index contributed by atoms with van der Waals surface area (Å²) in [6.45, 7) is 3.85. The van der Waals surface area contributed by atoms with Crippen LogP contribution in [-0.2, 0) is 11.3 Å². The zero-order valence-corrected chi connectivity index (χ0v) is 11.6. The maximum atomic E-state index is 11.7. The molecule has 0 aromatic heterocycles. The molecular formula is C14H19N3O3. The van der Waals surface area contributed by atoms with Crippen LogP contribution >= 0.6 is 0 Å². The zero-order valence-electron chi connectivity index (χ0n) is 11.6. The number of nitrogens with one attached hydrogen (secondary N) is 1. The van der Waals surface area contributed by atoms with Crippen LogP contribution in [0.5, 0.6) is 0 Å². The molecule has 1 saturated heterocycles. The van der Waals surface area contributed by atoms with Gasteiger partial charge in [0, 0.05) is 37.7 Å². The summed E-state index contributed by atoms with van der Waals surface area (Å²) < 4.78 is 0. The van der Waals surface area contributed by atoms with Gasteiger partial charge in [-0.2, -0.15) is 0 Å². The molecule has 0 radical (unpaired) electrons. The molecular weight excluding hydrogens is 258 g/mol. The minimum atomic E-state index is -0.382. The van der Waals surface area contributed by atoms with E-state index < -0.39 is 0 Å². The van der Waals surface area contributed by atoms with Crippen LogP contribution in [0.1, 0.15) is 31.7 Å². The Bertz CT molecular complexity index is 516. The van der Waals surface area contributed by atoms with E-state index in [1.54, 1.807) is 11.0 Å². The standard InChI is InChI=1S/C14H19N3O3/c1-2-8-15-14-11(5-3-6-12(14)17(19)20)10-16-9-4-7-13(16)18/h3,5-6,15H,2,4,7-10H2,1H3. The normalized spacial score (nSPS) is 14.7. The van der Waals surface area contributed by atoms with Gasteiger partial charge >= 0.3 is 0 Å². The van der Waals surface area contributed by atoms with Gasteiger partial charge in [0.05, 0.1) is 4.92 Å². The Morgan fingerprint density at radius 3 is 2.85 bits per heavy atom. The van der Waals surface area contributed by atoms with Crippen LogP contribution in [0.15, 0.2) is 18.2 Å². The highest BCUT2D eigenvalue weighted by molar-refractivity contribution is 5.78. The van der Waals surface area contributed by atoms with Gasteiger partial charge in [0.2, 0.25) is 5.91 Å². The Hall–Kier alpha value is -2.11. The Morgan fingerprint density at radius 2 is 2.25 bits per heavy atom. The van der Waals surface area contributed by atoms with E-state index in [9.17, 15) is 14.9 Å². The van der Waals surface area contributed by atoms with Crippen LogP contribution in [-0.4, -0.2) is 28.8 Å². The van der Waals surface area contributed by atoms with Gasteiger partial charge in [-0.15, -0.1) is 0 Å². The van der Waals surface area contributed by atoms with Crippen molar-refractivity contribution in [2.45, 2.75) is 32.7 Å². The van der Waals surface area contributed by atoms with E-state index in [-0.39, 0.29) is 16.5 Å². The quantitative estimate of drug-likeness (QED) is 0.640. The fraction of sp³-hybridized carbons (Fsp3) is 0.500. The topological polar surface area (TPSA) is 75.5 Å². The Kier molecular flexibility index (Phi) is 4.55. The number of carbonyl (C=O) groups is 1. The van der Waals surface area contributed by atoms with E-state index in [4.69, 9.17) is 0 Å². The van der Waals surface area contributed by atoms with Crippen molar-refractivity contribution >= 4 is 17.3 Å². The smallest absolute Gasteiger partial charge is 0.292 e. The van der Waals surface area contributed by atoms with Crippen molar-refractivity contribution < 1.29 is 9.72 Å². The molecule has 1 N–H and O–H groups in total. The highest BCUT2D eigenvalue weighted by atomic mass is 16.6. The molecule has 1 aromatic rings. The molecule has 0 aliphatic carbocycles. The van der Waals surface area contributed by atoms with Gasteiger partial charge in [-0.25, -0.2) is 0 Å². The molecule has 0 saturated carbocycles. The summed E-state index contributed by atoms with van der Waals surface area (Å²) in [6, 6.07) is 5.01. The summed E-state index contributed by atoms with van der Waals surface area (Å²) in [5.74, 6) is 0.123. The molecule has 6 heteroatoms. The number of nitro benzene ring substituents is 1. The molecule has 0 unspecified atom stereocenters. The summed E-state index contributed by atoms with van der Waals surface area (Å²) in [7, 11) is 0. The van der Waals surface area contributed by atoms with E-state index in [0.29, 0.717) is 25.2 Å². The highest BCUT2D eigenvalue weighted by Gasteiger charge is 2.23. The third kappa shape index (κ3) is 3.07. The lowest BCUT2D eigenvalue weighted by Gasteiger charge is -2.18. The lowest BCUT2D eigenvalue weighted by atomic mass is 10.1. The van der Waals surface area contributed by atoms with Gasteiger partial charge in [0.1, 0.15) is 5.69 Å². The monoisotopic (exact) mass is 277 g/mol. The second-order valence-corrected chi connectivity index (χ2v) is 4.91. The molecule has 1 fully saturated rings. The minimum absolute atomic E-state index is 0.0718. The van der Waals surface area contributed by atoms with Crippen LogP contribution in [0.4, 0.5) is 11.4 Å². The summed E-state index contributed by atoms with van der Waals surface area (Å²) in [4.78, 5) is 24.2. The van der Waals surface area contributed by atoms with Crippen molar-refractivity contribution in [1.29, 1.82) is 0 Å². The number of hydrogen-bond acceptors (Lipinski definition) is 4. The maximum absolute atomic E-state index is 11.7. The Balaban J connectivity index is 2.28. The van der Waals surface area contributed by atoms with Gasteiger partial charge in [0.15, 0.2) is 0 Å². The average molecular weight is 277 g/mol. The highest BCUT2D eigenvalue weighted by Crippen LogP contribution is 2.30. The lowest BCUT2D eigenvalue weighted by molar-refractivity contribution is -0.384. The van der Waals surface area contributed by atoms with Crippen LogP contribution in [0.25, 0.3) is 0 Å². The first-order valence-corrected chi connectivity index (χ1v) is 6.91. The number of hydrogen-bond donors (Lipinski definition) is 1. The van der Waals surface area contributed by atoms with E-state index in [2.05, 4.69) is 5.32 Å². The second kappa shape index (κ2) is 6.36. The predicted molar refractivity (Wildman–Crippen MR) is 76.5 cm³/mol. The molecule has 1 aliphatic heterocycles. The number of rotatable bonds is 6. The molecule has 1 amide bonds. The molecule has 0 bridgehead atoms. The number of nitro groups is 1. The molecule has 1 heterocycles. The van der Waals surface area contributed by atoms with E-state index in [1.165, 1.54) is 6.07 Å². The molecule has 2 rings (SSSR count). The molecule has 108 valence electrons. The number of benzene rings is 1. The Morgan fingerprint density at radius 1 is 1.45 bits per heavy atom. The van der Waals surface area contributed by atoms with Gasteiger partial charge in [-0.1, -0.05) is 19.1 Å². The zero-order chi connectivity index (χ0) is 14.5. The minimum Gasteiger partial charge on any atom is -0.379 e. The van der Waals surface area contributed by atoms with Crippen LogP contribution in [0.2, 0.25) is 0 Å². The van der Waals surface area contributed by atoms with Crippen molar-refractivity contribution in [2.75, 3.05) is 18.4 Å². The SMILES string of the molecule is CCCNc1c(CN2CCCC2=O)cccc1[N+](=O)[O-]. The molecule has 0 spiro atoms. The van der Waals surface area contributed by atoms with Crippen molar-refractivity contribution in [2.24, 2.45) is 0 Å². The van der Waals surface area contributed by atoms with Gasteiger partial charge < -0.3 is 10.2 Å². The first-order chi connectivity index (χ1) is 9.63. The average Bonchev–Trinajstić information content (AvgIpc) is 2.82. The molecule has 0 atom stereocenters. The van der Waals surface area contributed by atoms with Gasteiger partial charge in [-0.3, -0.25) is 14.9 Å². The number of carbonyl (C=O) groups excluding carboxylic acids is 1. The number of para-hydroxylation sites is 1. The van der Waals surface area contributed by atoms with Crippen molar-refractivity contribution in [1.82, 2.24) is 4.90 Å². The maximum Gasteiger partial charge on any atom is 0.292 e.